The molecule has 0 aromatic heterocycles. The van der Waals surface area contributed by atoms with Crippen LogP contribution in [0.1, 0.15) is 24.8 Å². The van der Waals surface area contributed by atoms with Gasteiger partial charge in [0.15, 0.2) is 0 Å². The van der Waals surface area contributed by atoms with Crippen molar-refractivity contribution in [3.8, 4) is 0 Å². The summed E-state index contributed by atoms with van der Waals surface area (Å²) in [6.45, 7) is 8.52. The Bertz CT molecular complexity index is 378. The molecule has 3 nitrogen and oxygen atoms in total. The highest BCUT2D eigenvalue weighted by atomic mass is 15.3. The maximum atomic E-state index is 3.60. The minimum absolute atomic E-state index is 0.789. The lowest BCUT2D eigenvalue weighted by Gasteiger charge is -2.35. The summed E-state index contributed by atoms with van der Waals surface area (Å²) in [6, 6.07) is 11.6. The number of hydrogen-bond acceptors (Lipinski definition) is 3. The molecule has 110 valence electrons. The molecule has 1 N–H and O–H groups in total. The summed E-state index contributed by atoms with van der Waals surface area (Å²) in [6.07, 6.45) is 4.09. The van der Waals surface area contributed by atoms with Crippen LogP contribution in [-0.4, -0.2) is 55.1 Å². The molecule has 20 heavy (non-hydrogen) atoms. The van der Waals surface area contributed by atoms with Crippen LogP contribution in [0.25, 0.3) is 0 Å². The van der Waals surface area contributed by atoms with E-state index in [4.69, 9.17) is 0 Å². The Morgan fingerprint density at radius 1 is 1.00 bits per heavy atom. The van der Waals surface area contributed by atoms with Crippen molar-refractivity contribution in [1.29, 1.82) is 0 Å². The van der Waals surface area contributed by atoms with Gasteiger partial charge in [-0.2, -0.15) is 0 Å². The van der Waals surface area contributed by atoms with Gasteiger partial charge in [-0.3, -0.25) is 4.90 Å². The van der Waals surface area contributed by atoms with E-state index in [1.54, 1.807) is 0 Å². The Labute approximate surface area is 123 Å². The topological polar surface area (TPSA) is 18.5 Å². The molecule has 3 rings (SSSR count). The van der Waals surface area contributed by atoms with Crippen LogP contribution in [0.15, 0.2) is 30.3 Å². The van der Waals surface area contributed by atoms with Gasteiger partial charge in [0.05, 0.1) is 0 Å². The molecule has 3 heteroatoms. The SMILES string of the molecule is c1ccc(CN2CCN(CCC3CCCN3)CC2)cc1. The summed E-state index contributed by atoms with van der Waals surface area (Å²) >= 11 is 0. The number of piperazine rings is 1. The fourth-order valence-corrected chi connectivity index (χ4v) is 3.35. The maximum absolute atomic E-state index is 3.60. The molecule has 0 bridgehead atoms. The lowest BCUT2D eigenvalue weighted by molar-refractivity contribution is 0.124. The van der Waals surface area contributed by atoms with Gasteiger partial charge in [-0.15, -0.1) is 0 Å². The third-order valence-corrected chi connectivity index (χ3v) is 4.67. The van der Waals surface area contributed by atoms with Crippen molar-refractivity contribution in [2.45, 2.75) is 31.8 Å². The molecule has 2 saturated heterocycles. The molecular formula is C17H27N3. The first-order valence-corrected chi connectivity index (χ1v) is 8.12. The van der Waals surface area contributed by atoms with Gasteiger partial charge < -0.3 is 10.2 Å². The van der Waals surface area contributed by atoms with Crippen LogP contribution >= 0.6 is 0 Å². The van der Waals surface area contributed by atoms with Gasteiger partial charge >= 0.3 is 0 Å². The van der Waals surface area contributed by atoms with E-state index in [9.17, 15) is 0 Å². The molecule has 2 aliphatic rings. The van der Waals surface area contributed by atoms with Crippen LogP contribution in [0.4, 0.5) is 0 Å². The second-order valence-electron chi connectivity index (χ2n) is 6.19. The largest absolute Gasteiger partial charge is 0.314 e. The summed E-state index contributed by atoms with van der Waals surface area (Å²) < 4.78 is 0. The van der Waals surface area contributed by atoms with Crippen molar-refractivity contribution < 1.29 is 0 Å². The minimum Gasteiger partial charge on any atom is -0.314 e. The number of rotatable bonds is 5. The van der Waals surface area contributed by atoms with Gasteiger partial charge in [0.1, 0.15) is 0 Å². The predicted octanol–water partition coefficient (Wildman–Crippen LogP) is 1.95. The zero-order valence-corrected chi connectivity index (χ0v) is 12.4. The fraction of sp³-hybridized carbons (Fsp3) is 0.647. The van der Waals surface area contributed by atoms with E-state index in [0.717, 1.165) is 12.6 Å². The lowest BCUT2D eigenvalue weighted by Crippen LogP contribution is -2.46. The Balaban J connectivity index is 1.36. The Morgan fingerprint density at radius 2 is 1.75 bits per heavy atom. The van der Waals surface area contributed by atoms with Crippen molar-refractivity contribution in [2.75, 3.05) is 39.3 Å². The van der Waals surface area contributed by atoms with Gasteiger partial charge in [0, 0.05) is 38.8 Å². The van der Waals surface area contributed by atoms with E-state index in [0.29, 0.717) is 0 Å². The first kappa shape index (κ1) is 14.1. The van der Waals surface area contributed by atoms with Crippen LogP contribution in [0.5, 0.6) is 0 Å². The van der Waals surface area contributed by atoms with E-state index in [2.05, 4.69) is 45.4 Å². The van der Waals surface area contributed by atoms with Crippen LogP contribution in [0.2, 0.25) is 0 Å². The van der Waals surface area contributed by atoms with Crippen molar-refractivity contribution >= 4 is 0 Å². The summed E-state index contributed by atoms with van der Waals surface area (Å²) in [7, 11) is 0. The molecule has 2 heterocycles. The number of hydrogen-bond donors (Lipinski definition) is 1. The molecule has 2 aliphatic heterocycles. The van der Waals surface area contributed by atoms with E-state index in [1.807, 2.05) is 0 Å². The minimum atomic E-state index is 0.789. The number of benzene rings is 1. The van der Waals surface area contributed by atoms with Gasteiger partial charge in [-0.1, -0.05) is 30.3 Å². The van der Waals surface area contributed by atoms with Gasteiger partial charge in [0.2, 0.25) is 0 Å². The van der Waals surface area contributed by atoms with Crippen molar-refractivity contribution in [1.82, 2.24) is 15.1 Å². The highest BCUT2D eigenvalue weighted by molar-refractivity contribution is 5.14. The summed E-state index contributed by atoms with van der Waals surface area (Å²) in [5, 5.41) is 3.60. The average molecular weight is 273 g/mol. The lowest BCUT2D eigenvalue weighted by atomic mass is 10.1. The molecule has 0 saturated carbocycles. The zero-order chi connectivity index (χ0) is 13.6. The van der Waals surface area contributed by atoms with Crippen molar-refractivity contribution in [2.24, 2.45) is 0 Å². The summed E-state index contributed by atoms with van der Waals surface area (Å²) in [5.41, 5.74) is 1.44. The van der Waals surface area contributed by atoms with Gasteiger partial charge in [-0.25, -0.2) is 0 Å². The molecule has 0 aliphatic carbocycles. The summed E-state index contributed by atoms with van der Waals surface area (Å²) in [5.74, 6) is 0. The first-order valence-electron chi connectivity index (χ1n) is 8.12. The number of nitrogens with one attached hydrogen (secondary N) is 1. The molecule has 0 spiro atoms. The predicted molar refractivity (Wildman–Crippen MR) is 83.8 cm³/mol. The first-order chi connectivity index (χ1) is 9.90. The molecule has 1 aromatic carbocycles. The molecule has 0 amide bonds. The average Bonchev–Trinajstić information content (AvgIpc) is 3.01. The third kappa shape index (κ3) is 4.05. The summed E-state index contributed by atoms with van der Waals surface area (Å²) in [4.78, 5) is 5.22. The second kappa shape index (κ2) is 7.21. The van der Waals surface area contributed by atoms with Crippen LogP contribution < -0.4 is 5.32 Å². The molecule has 1 aromatic rings. The van der Waals surface area contributed by atoms with Gasteiger partial charge in [0.25, 0.3) is 0 Å². The smallest absolute Gasteiger partial charge is 0.0234 e. The van der Waals surface area contributed by atoms with E-state index < -0.39 is 0 Å². The molecule has 1 atom stereocenters. The Morgan fingerprint density at radius 3 is 2.45 bits per heavy atom. The zero-order valence-electron chi connectivity index (χ0n) is 12.4. The molecule has 0 radical (unpaired) electrons. The highest BCUT2D eigenvalue weighted by Crippen LogP contribution is 2.12. The van der Waals surface area contributed by atoms with Crippen LogP contribution in [0.3, 0.4) is 0 Å². The molecular weight excluding hydrogens is 246 g/mol. The highest BCUT2D eigenvalue weighted by Gasteiger charge is 2.19. The monoisotopic (exact) mass is 273 g/mol. The Hall–Kier alpha value is -0.900. The number of nitrogens with zero attached hydrogens (tertiary/aromatic N) is 2. The second-order valence-corrected chi connectivity index (χ2v) is 6.19. The van der Waals surface area contributed by atoms with Crippen LogP contribution in [0, 0.1) is 0 Å². The van der Waals surface area contributed by atoms with E-state index >= 15 is 0 Å². The normalized spacial score (nSPS) is 25.1. The van der Waals surface area contributed by atoms with E-state index in [-0.39, 0.29) is 0 Å². The molecule has 2 fully saturated rings. The fourth-order valence-electron chi connectivity index (χ4n) is 3.35. The molecule has 1 unspecified atom stereocenters. The van der Waals surface area contributed by atoms with E-state index in [1.165, 1.54) is 64.1 Å². The quantitative estimate of drug-likeness (QED) is 0.884. The van der Waals surface area contributed by atoms with Crippen LogP contribution in [-0.2, 0) is 6.54 Å². The van der Waals surface area contributed by atoms with Gasteiger partial charge in [-0.05, 0) is 37.9 Å². The van der Waals surface area contributed by atoms with Crippen molar-refractivity contribution in [3.05, 3.63) is 35.9 Å². The van der Waals surface area contributed by atoms with Crippen molar-refractivity contribution in [3.63, 3.8) is 0 Å². The third-order valence-electron chi connectivity index (χ3n) is 4.67. The standard InChI is InChI=1S/C17H27N3/c1-2-5-16(6-3-1)15-20-13-11-19(12-14-20)10-8-17-7-4-9-18-17/h1-3,5-6,17-18H,4,7-15H2. The maximum Gasteiger partial charge on any atom is 0.0234 e. The Kier molecular flexibility index (Phi) is 5.06.